The molecule has 1 atom stereocenters. The molecule has 1 aromatic carbocycles. The van der Waals surface area contributed by atoms with Crippen LogP contribution in [0.25, 0.3) is 11.0 Å². The number of nitrogens with one attached hydrogen (secondary N) is 2. The van der Waals surface area contributed by atoms with Crippen molar-refractivity contribution in [3.63, 3.8) is 0 Å². The first-order valence-electron chi connectivity index (χ1n) is 8.00. The number of aryl methyl sites for hydroxylation is 1. The molecule has 0 saturated carbocycles. The maximum Gasteiger partial charge on any atom is 0.326 e. The van der Waals surface area contributed by atoms with Crippen molar-refractivity contribution in [3.8, 4) is 0 Å². The first kappa shape index (κ1) is 15.4. The third-order valence-corrected chi connectivity index (χ3v) is 4.52. The molecule has 0 aliphatic carbocycles. The van der Waals surface area contributed by atoms with Crippen molar-refractivity contribution in [3.05, 3.63) is 47.3 Å². The van der Waals surface area contributed by atoms with Crippen molar-refractivity contribution in [2.24, 2.45) is 0 Å². The highest BCUT2D eigenvalue weighted by molar-refractivity contribution is 5.86. The number of imidazole rings is 2. The number of aromatic nitrogens is 4. The van der Waals surface area contributed by atoms with E-state index in [2.05, 4.69) is 19.9 Å². The molecule has 0 fully saturated rings. The predicted molar refractivity (Wildman–Crippen MR) is 88.8 cm³/mol. The molecule has 8 heteroatoms. The zero-order valence-electron chi connectivity index (χ0n) is 13.6. The van der Waals surface area contributed by atoms with E-state index >= 15 is 0 Å². The minimum absolute atomic E-state index is 0.140. The molecule has 8 nitrogen and oxygen atoms in total. The number of nitrogens with zero attached hydrogens (tertiary/aromatic N) is 3. The molecule has 128 valence electrons. The molecule has 3 aromatic rings. The zero-order chi connectivity index (χ0) is 17.6. The number of fused-ring (bicyclic) bond motifs is 2. The van der Waals surface area contributed by atoms with Crippen LogP contribution in [0.1, 0.15) is 22.8 Å². The molecular weight excluding hydrogens is 322 g/mol. The Balaban J connectivity index is 1.58. The van der Waals surface area contributed by atoms with Crippen LogP contribution in [0.2, 0.25) is 0 Å². The number of carbonyl (C=O) groups excluding carboxylic acids is 1. The SMILES string of the molecule is Cc1nc2ccc(CC(=O)N3Cc4[nH]cnc4C[C@@H]3C(=O)O)cc2[nH]1. The Bertz CT molecular complexity index is 974. The highest BCUT2D eigenvalue weighted by Gasteiger charge is 2.35. The highest BCUT2D eigenvalue weighted by atomic mass is 16.4. The lowest BCUT2D eigenvalue weighted by Crippen LogP contribution is -2.49. The van der Waals surface area contributed by atoms with Gasteiger partial charge in [-0.05, 0) is 24.6 Å². The fraction of sp³-hybridized carbons (Fsp3) is 0.294. The van der Waals surface area contributed by atoms with Crippen molar-refractivity contribution in [2.45, 2.75) is 32.4 Å². The van der Waals surface area contributed by atoms with Gasteiger partial charge in [0.15, 0.2) is 0 Å². The van der Waals surface area contributed by atoms with Crippen molar-refractivity contribution in [1.82, 2.24) is 24.8 Å². The average Bonchev–Trinajstić information content (AvgIpc) is 3.17. The predicted octanol–water partition coefficient (Wildman–Crippen LogP) is 1.18. The normalized spacial score (nSPS) is 16.8. The number of carboxylic acids is 1. The summed E-state index contributed by atoms with van der Waals surface area (Å²) in [6.45, 7) is 2.11. The number of carbonyl (C=O) groups is 2. The minimum Gasteiger partial charge on any atom is -0.480 e. The fourth-order valence-electron chi connectivity index (χ4n) is 3.29. The van der Waals surface area contributed by atoms with Gasteiger partial charge in [0, 0.05) is 6.42 Å². The third-order valence-electron chi connectivity index (χ3n) is 4.52. The molecule has 2 aromatic heterocycles. The van der Waals surface area contributed by atoms with E-state index in [0.29, 0.717) is 5.69 Å². The van der Waals surface area contributed by atoms with Gasteiger partial charge in [-0.1, -0.05) is 6.07 Å². The summed E-state index contributed by atoms with van der Waals surface area (Å²) in [5, 5.41) is 9.49. The van der Waals surface area contributed by atoms with Crippen LogP contribution in [0.3, 0.4) is 0 Å². The molecule has 0 spiro atoms. The van der Waals surface area contributed by atoms with E-state index in [0.717, 1.165) is 28.1 Å². The van der Waals surface area contributed by atoms with Gasteiger partial charge in [-0.3, -0.25) is 4.79 Å². The number of carboxylic acid groups (broad SMARTS) is 1. The van der Waals surface area contributed by atoms with Gasteiger partial charge in [-0.2, -0.15) is 0 Å². The Morgan fingerprint density at radius 3 is 3.04 bits per heavy atom. The topological polar surface area (TPSA) is 115 Å². The van der Waals surface area contributed by atoms with Crippen LogP contribution in [0, 0.1) is 6.92 Å². The van der Waals surface area contributed by atoms with Gasteiger partial charge >= 0.3 is 5.97 Å². The smallest absolute Gasteiger partial charge is 0.326 e. The van der Waals surface area contributed by atoms with Crippen molar-refractivity contribution >= 4 is 22.9 Å². The molecule has 0 radical (unpaired) electrons. The van der Waals surface area contributed by atoms with Crippen molar-refractivity contribution in [1.29, 1.82) is 0 Å². The fourth-order valence-corrected chi connectivity index (χ4v) is 3.29. The summed E-state index contributed by atoms with van der Waals surface area (Å²) in [6.07, 6.45) is 1.89. The number of aliphatic carboxylic acids is 1. The van der Waals surface area contributed by atoms with E-state index in [-0.39, 0.29) is 25.3 Å². The molecule has 1 aliphatic rings. The number of hydrogen-bond acceptors (Lipinski definition) is 4. The number of benzene rings is 1. The minimum atomic E-state index is -1.01. The summed E-state index contributed by atoms with van der Waals surface area (Å²) >= 11 is 0. The number of amides is 1. The van der Waals surface area contributed by atoms with E-state index in [1.165, 1.54) is 11.2 Å². The summed E-state index contributed by atoms with van der Waals surface area (Å²) in [4.78, 5) is 40.4. The van der Waals surface area contributed by atoms with E-state index in [1.54, 1.807) is 0 Å². The van der Waals surface area contributed by atoms with E-state index in [4.69, 9.17) is 0 Å². The Kier molecular flexibility index (Phi) is 3.52. The van der Waals surface area contributed by atoms with Gasteiger partial charge in [0.05, 0.1) is 41.7 Å². The first-order valence-corrected chi connectivity index (χ1v) is 8.00. The number of hydrogen-bond donors (Lipinski definition) is 3. The standard InChI is InChI=1S/C17H17N5O3/c1-9-20-11-3-2-10(4-13(11)21-9)5-16(23)22-7-14-12(18-8-19-14)6-15(22)17(24)25/h2-4,8,15H,5-7H2,1H3,(H,18,19)(H,20,21)(H,24,25)/t15-/m1/s1. The van der Waals surface area contributed by atoms with Gasteiger partial charge in [-0.25, -0.2) is 14.8 Å². The van der Waals surface area contributed by atoms with Crippen LogP contribution >= 0.6 is 0 Å². The molecular formula is C17H17N5O3. The molecule has 0 unspecified atom stereocenters. The zero-order valence-corrected chi connectivity index (χ0v) is 13.6. The largest absolute Gasteiger partial charge is 0.480 e. The molecule has 1 amide bonds. The number of H-pyrrole nitrogens is 2. The number of aromatic amines is 2. The Morgan fingerprint density at radius 1 is 1.40 bits per heavy atom. The summed E-state index contributed by atoms with van der Waals surface area (Å²) in [5.41, 5.74) is 4.04. The summed E-state index contributed by atoms with van der Waals surface area (Å²) in [6, 6.07) is 4.71. The Hall–Kier alpha value is -3.16. The van der Waals surface area contributed by atoms with Crippen LogP contribution in [0.5, 0.6) is 0 Å². The molecule has 25 heavy (non-hydrogen) atoms. The maximum atomic E-state index is 12.8. The molecule has 1 aliphatic heterocycles. The summed E-state index contributed by atoms with van der Waals surface area (Å²) in [5.74, 6) is -0.419. The van der Waals surface area contributed by atoms with Crippen molar-refractivity contribution < 1.29 is 14.7 Å². The van der Waals surface area contributed by atoms with Crippen LogP contribution in [-0.2, 0) is 29.0 Å². The van der Waals surface area contributed by atoms with Gasteiger partial charge in [0.1, 0.15) is 11.9 Å². The third kappa shape index (κ3) is 2.75. The van der Waals surface area contributed by atoms with Crippen molar-refractivity contribution in [2.75, 3.05) is 0 Å². The van der Waals surface area contributed by atoms with Gasteiger partial charge in [0.2, 0.25) is 5.91 Å². The van der Waals surface area contributed by atoms with Gasteiger partial charge in [-0.15, -0.1) is 0 Å². The Labute approximate surface area is 142 Å². The number of rotatable bonds is 3. The molecule has 3 N–H and O–H groups in total. The lowest BCUT2D eigenvalue weighted by atomic mass is 10.0. The molecule has 3 heterocycles. The van der Waals surface area contributed by atoms with E-state index in [1.807, 2.05) is 25.1 Å². The van der Waals surface area contributed by atoms with E-state index < -0.39 is 12.0 Å². The second kappa shape index (κ2) is 5.73. The highest BCUT2D eigenvalue weighted by Crippen LogP contribution is 2.22. The molecule has 4 rings (SSSR count). The van der Waals surface area contributed by atoms with Crippen LogP contribution in [0.15, 0.2) is 24.5 Å². The average molecular weight is 339 g/mol. The second-order valence-electron chi connectivity index (χ2n) is 6.26. The first-order chi connectivity index (χ1) is 12.0. The van der Waals surface area contributed by atoms with E-state index in [9.17, 15) is 14.7 Å². The quantitative estimate of drug-likeness (QED) is 0.663. The van der Waals surface area contributed by atoms with Crippen LogP contribution < -0.4 is 0 Å². The molecule has 0 saturated heterocycles. The monoisotopic (exact) mass is 339 g/mol. The Morgan fingerprint density at radius 2 is 2.24 bits per heavy atom. The maximum absolute atomic E-state index is 12.8. The van der Waals surface area contributed by atoms with Crippen LogP contribution in [-0.4, -0.2) is 47.9 Å². The van der Waals surface area contributed by atoms with Gasteiger partial charge in [0.25, 0.3) is 0 Å². The molecule has 0 bridgehead atoms. The lowest BCUT2D eigenvalue weighted by Gasteiger charge is -2.32. The second-order valence-corrected chi connectivity index (χ2v) is 6.26. The summed E-state index contributed by atoms with van der Waals surface area (Å²) < 4.78 is 0. The van der Waals surface area contributed by atoms with Gasteiger partial charge < -0.3 is 20.0 Å². The summed E-state index contributed by atoms with van der Waals surface area (Å²) in [7, 11) is 0. The lowest BCUT2D eigenvalue weighted by molar-refractivity contribution is -0.151. The van der Waals surface area contributed by atoms with Crippen LogP contribution in [0.4, 0.5) is 0 Å².